The molecule has 0 aliphatic rings. The third-order valence-corrected chi connectivity index (χ3v) is 4.69. The minimum Gasteiger partial charge on any atom is -0.491 e. The van der Waals surface area contributed by atoms with Gasteiger partial charge >= 0.3 is 0 Å². The number of fused-ring (bicyclic) bond motifs is 1. The van der Waals surface area contributed by atoms with Crippen molar-refractivity contribution in [1.82, 2.24) is 15.0 Å². The fourth-order valence-electron chi connectivity index (χ4n) is 3.07. The van der Waals surface area contributed by atoms with Gasteiger partial charge in [-0.25, -0.2) is 13.2 Å². The van der Waals surface area contributed by atoms with Gasteiger partial charge in [0.05, 0.1) is 12.8 Å². The first-order valence-corrected chi connectivity index (χ1v) is 9.06. The van der Waals surface area contributed by atoms with Gasteiger partial charge in [0.25, 0.3) is 5.91 Å². The number of amides is 1. The number of carbonyl (C=O) groups excluding carboxylic acids is 1. The number of aromatic nitrogens is 3. The molecule has 164 valence electrons. The zero-order valence-corrected chi connectivity index (χ0v) is 16.5. The fourth-order valence-corrected chi connectivity index (χ4v) is 3.07. The zero-order chi connectivity index (χ0) is 23.2. The summed E-state index contributed by atoms with van der Waals surface area (Å²) in [5, 5.41) is 10.7. The Kier molecular flexibility index (Phi) is 5.25. The van der Waals surface area contributed by atoms with E-state index in [0.29, 0.717) is 22.3 Å². The number of hydrogen-bond acceptors (Lipinski definition) is 4. The van der Waals surface area contributed by atoms with E-state index in [1.54, 1.807) is 13.0 Å². The minimum atomic E-state index is -1.89. The molecule has 0 spiro atoms. The largest absolute Gasteiger partial charge is 0.491 e. The van der Waals surface area contributed by atoms with Crippen molar-refractivity contribution in [3.63, 3.8) is 0 Å². The highest BCUT2D eigenvalue weighted by atomic mass is 19.2. The van der Waals surface area contributed by atoms with Crippen LogP contribution in [0.3, 0.4) is 0 Å². The summed E-state index contributed by atoms with van der Waals surface area (Å²) in [4.78, 5) is 13.7. The second-order valence-electron chi connectivity index (χ2n) is 6.74. The average Bonchev–Trinajstić information content (AvgIpc) is 3.16. The lowest BCUT2D eigenvalue weighted by molar-refractivity contribution is 0.101. The SMILES string of the molecule is COc1c(F)c(F)c(C(=O)Nc2cc3nn(-c4ccc(F)cc4)nc3cc2C)c(F)c1F. The van der Waals surface area contributed by atoms with Crippen molar-refractivity contribution in [2.45, 2.75) is 6.92 Å². The number of ether oxygens (including phenoxy) is 1. The third-order valence-electron chi connectivity index (χ3n) is 4.69. The van der Waals surface area contributed by atoms with Gasteiger partial charge in [-0.15, -0.1) is 10.2 Å². The second kappa shape index (κ2) is 7.91. The fraction of sp³-hybridized carbons (Fsp3) is 0.0952. The van der Waals surface area contributed by atoms with Crippen molar-refractivity contribution in [2.24, 2.45) is 0 Å². The summed E-state index contributed by atoms with van der Waals surface area (Å²) in [5.74, 6) is -10.5. The first-order valence-electron chi connectivity index (χ1n) is 9.06. The van der Waals surface area contributed by atoms with Crippen LogP contribution in [0, 0.1) is 36.0 Å². The summed E-state index contributed by atoms with van der Waals surface area (Å²) in [6, 6.07) is 8.30. The van der Waals surface area contributed by atoms with Crippen LogP contribution < -0.4 is 10.1 Å². The predicted octanol–water partition coefficient (Wildman–Crippen LogP) is 4.69. The van der Waals surface area contributed by atoms with E-state index < -0.39 is 46.3 Å². The van der Waals surface area contributed by atoms with Crippen LogP contribution in [-0.4, -0.2) is 28.0 Å². The maximum Gasteiger partial charge on any atom is 0.261 e. The molecule has 0 unspecified atom stereocenters. The first kappa shape index (κ1) is 21.2. The normalized spacial score (nSPS) is 11.1. The smallest absolute Gasteiger partial charge is 0.261 e. The van der Waals surface area contributed by atoms with Crippen molar-refractivity contribution < 1.29 is 31.5 Å². The molecule has 6 nitrogen and oxygen atoms in total. The maximum atomic E-state index is 14.2. The molecule has 0 radical (unpaired) electrons. The molecule has 1 N–H and O–H groups in total. The molecule has 0 atom stereocenters. The standard InChI is InChI=1S/C21H13F5N4O2/c1-9-7-13-14(29-30(28-13)11-5-3-10(22)4-6-11)8-12(9)27-21(31)15-16(23)18(25)20(32-2)19(26)17(15)24/h3-8H,1-2H3,(H,27,31). The molecule has 4 aromatic rings. The molecule has 0 bridgehead atoms. The van der Waals surface area contributed by atoms with Gasteiger partial charge in [-0.2, -0.15) is 13.6 Å². The van der Waals surface area contributed by atoms with Gasteiger partial charge in [0, 0.05) is 5.69 Å². The second-order valence-corrected chi connectivity index (χ2v) is 6.74. The molecule has 0 saturated heterocycles. The van der Waals surface area contributed by atoms with Crippen LogP contribution >= 0.6 is 0 Å². The highest BCUT2D eigenvalue weighted by Gasteiger charge is 2.30. The van der Waals surface area contributed by atoms with E-state index in [-0.39, 0.29) is 5.69 Å². The number of hydrogen-bond donors (Lipinski definition) is 1. The molecular formula is C21H13F5N4O2. The lowest BCUT2D eigenvalue weighted by atomic mass is 10.1. The van der Waals surface area contributed by atoms with Crippen LogP contribution in [0.1, 0.15) is 15.9 Å². The van der Waals surface area contributed by atoms with Crippen LogP contribution in [0.15, 0.2) is 36.4 Å². The summed E-state index contributed by atoms with van der Waals surface area (Å²) in [5.41, 5.74) is 0.276. The van der Waals surface area contributed by atoms with Gasteiger partial charge < -0.3 is 10.1 Å². The lowest BCUT2D eigenvalue weighted by Crippen LogP contribution is -2.19. The molecule has 0 fully saturated rings. The summed E-state index contributed by atoms with van der Waals surface area (Å²) in [6.07, 6.45) is 0. The molecule has 1 heterocycles. The van der Waals surface area contributed by atoms with E-state index in [9.17, 15) is 26.7 Å². The average molecular weight is 448 g/mol. The van der Waals surface area contributed by atoms with E-state index in [2.05, 4.69) is 20.3 Å². The van der Waals surface area contributed by atoms with Crippen molar-refractivity contribution in [2.75, 3.05) is 12.4 Å². The Morgan fingerprint density at radius 1 is 0.906 bits per heavy atom. The highest BCUT2D eigenvalue weighted by molar-refractivity contribution is 6.06. The summed E-state index contributed by atoms with van der Waals surface area (Å²) in [7, 11) is 0.831. The van der Waals surface area contributed by atoms with E-state index in [0.717, 1.165) is 7.11 Å². The summed E-state index contributed by atoms with van der Waals surface area (Å²) >= 11 is 0. The van der Waals surface area contributed by atoms with Gasteiger partial charge in [0.15, 0.2) is 17.4 Å². The Morgan fingerprint density at radius 3 is 2.03 bits per heavy atom. The van der Waals surface area contributed by atoms with Crippen LogP contribution in [0.4, 0.5) is 27.6 Å². The molecule has 0 saturated carbocycles. The number of rotatable bonds is 4. The molecule has 1 amide bonds. The summed E-state index contributed by atoms with van der Waals surface area (Å²) in [6.45, 7) is 1.58. The Morgan fingerprint density at radius 2 is 1.47 bits per heavy atom. The monoisotopic (exact) mass is 448 g/mol. The van der Waals surface area contributed by atoms with E-state index in [1.807, 2.05) is 0 Å². The molecule has 3 aromatic carbocycles. The van der Waals surface area contributed by atoms with E-state index in [1.165, 1.54) is 35.1 Å². The van der Waals surface area contributed by atoms with Gasteiger partial charge in [0.1, 0.15) is 22.4 Å². The summed E-state index contributed by atoms with van der Waals surface area (Å²) < 4.78 is 73.8. The Hall–Kier alpha value is -4.02. The van der Waals surface area contributed by atoms with Crippen molar-refractivity contribution >= 4 is 22.6 Å². The van der Waals surface area contributed by atoms with E-state index >= 15 is 0 Å². The Bertz CT molecular complexity index is 1340. The molecule has 11 heteroatoms. The first-order chi connectivity index (χ1) is 15.2. The van der Waals surface area contributed by atoms with Gasteiger partial charge in [0.2, 0.25) is 11.6 Å². The molecule has 4 rings (SSSR count). The minimum absolute atomic E-state index is 0.0871. The zero-order valence-electron chi connectivity index (χ0n) is 16.5. The lowest BCUT2D eigenvalue weighted by Gasteiger charge is -2.12. The van der Waals surface area contributed by atoms with Gasteiger partial charge in [-0.1, -0.05) is 0 Å². The van der Waals surface area contributed by atoms with Gasteiger partial charge in [-0.3, -0.25) is 4.79 Å². The van der Waals surface area contributed by atoms with Crippen LogP contribution in [-0.2, 0) is 0 Å². The molecule has 32 heavy (non-hydrogen) atoms. The maximum absolute atomic E-state index is 14.2. The van der Waals surface area contributed by atoms with Gasteiger partial charge in [-0.05, 0) is 48.9 Å². The Labute approximate surface area is 177 Å². The van der Waals surface area contributed by atoms with Crippen molar-refractivity contribution in [3.8, 4) is 11.4 Å². The molecule has 0 aliphatic carbocycles. The number of carbonyl (C=O) groups is 1. The number of anilines is 1. The predicted molar refractivity (Wildman–Crippen MR) is 104 cm³/mol. The quantitative estimate of drug-likeness (QED) is 0.364. The van der Waals surface area contributed by atoms with Crippen LogP contribution in [0.5, 0.6) is 5.75 Å². The molecular weight excluding hydrogens is 435 g/mol. The highest BCUT2D eigenvalue weighted by Crippen LogP contribution is 2.31. The third kappa shape index (κ3) is 3.51. The number of aryl methyl sites for hydroxylation is 1. The number of halogens is 5. The topological polar surface area (TPSA) is 69.0 Å². The Balaban J connectivity index is 1.71. The molecule has 0 aliphatic heterocycles. The number of methoxy groups -OCH3 is 1. The van der Waals surface area contributed by atoms with Crippen molar-refractivity contribution in [3.05, 3.63) is 76.6 Å². The van der Waals surface area contributed by atoms with Crippen molar-refractivity contribution in [1.29, 1.82) is 0 Å². The van der Waals surface area contributed by atoms with Crippen LogP contribution in [0.2, 0.25) is 0 Å². The van der Waals surface area contributed by atoms with Crippen LogP contribution in [0.25, 0.3) is 16.7 Å². The number of benzene rings is 3. The van der Waals surface area contributed by atoms with E-state index in [4.69, 9.17) is 0 Å². The number of nitrogens with one attached hydrogen (secondary N) is 1. The number of nitrogens with zero attached hydrogens (tertiary/aromatic N) is 3. The molecule has 1 aromatic heterocycles.